The number of carbonyl (C=O) groups is 1. The molecule has 0 N–H and O–H groups in total. The SMILES string of the molecule is Cc1nc(C(=O)N2CCCN(CC3CC3)[C@@H](C(C)C)C2)c(C)o1. The Morgan fingerprint density at radius 2 is 2.04 bits per heavy atom. The topological polar surface area (TPSA) is 49.6 Å². The van der Waals surface area contributed by atoms with Gasteiger partial charge in [-0.05, 0) is 38.0 Å². The first-order valence-electron chi connectivity index (χ1n) is 8.93. The van der Waals surface area contributed by atoms with Gasteiger partial charge >= 0.3 is 0 Å². The Morgan fingerprint density at radius 1 is 1.30 bits per heavy atom. The number of oxazole rings is 1. The molecule has 2 fully saturated rings. The third-order valence-electron chi connectivity index (χ3n) is 5.10. The van der Waals surface area contributed by atoms with Crippen LogP contribution in [-0.4, -0.2) is 52.9 Å². The van der Waals surface area contributed by atoms with Crippen molar-refractivity contribution in [2.75, 3.05) is 26.2 Å². The summed E-state index contributed by atoms with van der Waals surface area (Å²) in [7, 11) is 0. The second kappa shape index (κ2) is 6.63. The summed E-state index contributed by atoms with van der Waals surface area (Å²) in [6.07, 6.45) is 3.79. The fourth-order valence-electron chi connectivity index (χ4n) is 3.62. The van der Waals surface area contributed by atoms with Gasteiger partial charge in [0.05, 0.1) is 0 Å². The van der Waals surface area contributed by atoms with E-state index < -0.39 is 0 Å². The van der Waals surface area contributed by atoms with Crippen LogP contribution in [0.15, 0.2) is 4.42 Å². The summed E-state index contributed by atoms with van der Waals surface area (Å²) in [4.78, 5) is 21.8. The first kappa shape index (κ1) is 16.5. The molecule has 0 radical (unpaired) electrons. The minimum Gasteiger partial charge on any atom is -0.445 e. The molecule has 1 aromatic rings. The van der Waals surface area contributed by atoms with E-state index >= 15 is 0 Å². The van der Waals surface area contributed by atoms with Crippen molar-refractivity contribution in [1.29, 1.82) is 0 Å². The summed E-state index contributed by atoms with van der Waals surface area (Å²) >= 11 is 0. The van der Waals surface area contributed by atoms with E-state index in [0.29, 0.717) is 29.3 Å². The van der Waals surface area contributed by atoms with Gasteiger partial charge in [-0.3, -0.25) is 9.69 Å². The van der Waals surface area contributed by atoms with Crippen molar-refractivity contribution >= 4 is 5.91 Å². The summed E-state index contributed by atoms with van der Waals surface area (Å²) in [6, 6.07) is 0.440. The number of amides is 1. The van der Waals surface area contributed by atoms with Crippen molar-refractivity contribution in [2.45, 2.75) is 53.0 Å². The molecule has 1 aliphatic carbocycles. The smallest absolute Gasteiger partial charge is 0.276 e. The van der Waals surface area contributed by atoms with Gasteiger partial charge in [-0.15, -0.1) is 0 Å². The summed E-state index contributed by atoms with van der Waals surface area (Å²) < 4.78 is 5.44. The molecule has 2 heterocycles. The van der Waals surface area contributed by atoms with Gasteiger partial charge in [-0.25, -0.2) is 4.98 Å². The standard InChI is InChI=1S/C18H29N3O2/c1-12(2)16-11-21(9-5-8-20(16)10-15-6-7-15)18(22)17-13(3)23-14(4)19-17/h12,15-16H,5-11H2,1-4H3/t16-/m1/s1. The Labute approximate surface area is 139 Å². The highest BCUT2D eigenvalue weighted by Gasteiger charge is 2.34. The second-order valence-electron chi connectivity index (χ2n) is 7.49. The molecule has 1 saturated heterocycles. The largest absolute Gasteiger partial charge is 0.445 e. The molecule has 0 unspecified atom stereocenters. The second-order valence-corrected chi connectivity index (χ2v) is 7.49. The predicted octanol–water partition coefficient (Wildman–Crippen LogP) is 2.87. The summed E-state index contributed by atoms with van der Waals surface area (Å²) in [5, 5.41) is 0. The van der Waals surface area contributed by atoms with Crippen molar-refractivity contribution < 1.29 is 9.21 Å². The van der Waals surface area contributed by atoms with Gasteiger partial charge in [0.25, 0.3) is 5.91 Å². The van der Waals surface area contributed by atoms with E-state index in [0.717, 1.165) is 32.0 Å². The van der Waals surface area contributed by atoms with Crippen molar-refractivity contribution in [3.8, 4) is 0 Å². The predicted molar refractivity (Wildman–Crippen MR) is 89.4 cm³/mol. The lowest BCUT2D eigenvalue weighted by molar-refractivity contribution is 0.0697. The van der Waals surface area contributed by atoms with Crippen LogP contribution >= 0.6 is 0 Å². The molecule has 0 aromatic carbocycles. The molecular weight excluding hydrogens is 290 g/mol. The monoisotopic (exact) mass is 319 g/mol. The van der Waals surface area contributed by atoms with Crippen LogP contribution in [0, 0.1) is 25.7 Å². The lowest BCUT2D eigenvalue weighted by Crippen LogP contribution is -2.46. The van der Waals surface area contributed by atoms with Gasteiger partial charge in [-0.1, -0.05) is 13.8 Å². The van der Waals surface area contributed by atoms with Crippen LogP contribution < -0.4 is 0 Å². The van der Waals surface area contributed by atoms with Crippen LogP contribution in [0.1, 0.15) is 55.2 Å². The zero-order valence-electron chi connectivity index (χ0n) is 14.8. The Balaban J connectivity index is 1.75. The molecular formula is C18H29N3O2. The fraction of sp³-hybridized carbons (Fsp3) is 0.778. The van der Waals surface area contributed by atoms with Crippen molar-refractivity contribution in [2.24, 2.45) is 11.8 Å². The average molecular weight is 319 g/mol. The number of aromatic nitrogens is 1. The lowest BCUT2D eigenvalue weighted by atomic mass is 10.0. The van der Waals surface area contributed by atoms with Gasteiger partial charge in [0.2, 0.25) is 0 Å². The molecule has 1 amide bonds. The third kappa shape index (κ3) is 3.77. The van der Waals surface area contributed by atoms with E-state index in [1.165, 1.54) is 19.4 Å². The van der Waals surface area contributed by atoms with Gasteiger partial charge in [0.1, 0.15) is 5.76 Å². The number of nitrogens with zero attached hydrogens (tertiary/aromatic N) is 3. The molecule has 3 rings (SSSR count). The molecule has 1 aromatic heterocycles. The molecule has 0 bridgehead atoms. The molecule has 1 saturated carbocycles. The number of hydrogen-bond acceptors (Lipinski definition) is 4. The van der Waals surface area contributed by atoms with E-state index in [9.17, 15) is 4.79 Å². The number of aryl methyl sites for hydroxylation is 2. The van der Waals surface area contributed by atoms with E-state index in [4.69, 9.17) is 4.42 Å². The maximum atomic E-state index is 12.9. The number of rotatable bonds is 4. The van der Waals surface area contributed by atoms with Gasteiger partial charge < -0.3 is 9.32 Å². The van der Waals surface area contributed by atoms with Gasteiger partial charge in [0, 0.05) is 39.1 Å². The molecule has 5 nitrogen and oxygen atoms in total. The zero-order valence-corrected chi connectivity index (χ0v) is 14.8. The van der Waals surface area contributed by atoms with Gasteiger partial charge in [-0.2, -0.15) is 0 Å². The average Bonchev–Trinajstić information content (AvgIpc) is 3.26. The van der Waals surface area contributed by atoms with Crippen molar-refractivity contribution in [3.63, 3.8) is 0 Å². The Hall–Kier alpha value is -1.36. The van der Waals surface area contributed by atoms with Crippen molar-refractivity contribution in [3.05, 3.63) is 17.3 Å². The normalized spacial score (nSPS) is 23.3. The van der Waals surface area contributed by atoms with Crippen LogP contribution in [0.4, 0.5) is 0 Å². The first-order valence-corrected chi connectivity index (χ1v) is 8.93. The number of hydrogen-bond donors (Lipinski definition) is 0. The first-order chi connectivity index (χ1) is 11.0. The minimum atomic E-state index is 0.0262. The van der Waals surface area contributed by atoms with Crippen LogP contribution in [0.3, 0.4) is 0 Å². The maximum Gasteiger partial charge on any atom is 0.276 e. The van der Waals surface area contributed by atoms with Crippen LogP contribution in [0.5, 0.6) is 0 Å². The molecule has 0 spiro atoms. The molecule has 1 aliphatic heterocycles. The Bertz CT molecular complexity index is 563. The lowest BCUT2D eigenvalue weighted by Gasteiger charge is -2.34. The summed E-state index contributed by atoms with van der Waals surface area (Å²) in [5.41, 5.74) is 0.487. The van der Waals surface area contributed by atoms with E-state index in [2.05, 4.69) is 23.7 Å². The Morgan fingerprint density at radius 3 is 2.61 bits per heavy atom. The highest BCUT2D eigenvalue weighted by molar-refractivity contribution is 5.93. The van der Waals surface area contributed by atoms with Crippen LogP contribution in [-0.2, 0) is 0 Å². The number of carbonyl (C=O) groups excluding carboxylic acids is 1. The maximum absolute atomic E-state index is 12.9. The molecule has 1 atom stereocenters. The summed E-state index contributed by atoms with van der Waals surface area (Å²) in [5.74, 6) is 2.66. The Kier molecular flexibility index (Phi) is 4.76. The molecule has 5 heteroatoms. The van der Waals surface area contributed by atoms with Crippen LogP contribution in [0.25, 0.3) is 0 Å². The van der Waals surface area contributed by atoms with Crippen LogP contribution in [0.2, 0.25) is 0 Å². The third-order valence-corrected chi connectivity index (χ3v) is 5.10. The highest BCUT2D eigenvalue weighted by atomic mass is 16.4. The highest BCUT2D eigenvalue weighted by Crippen LogP contribution is 2.32. The molecule has 23 heavy (non-hydrogen) atoms. The molecule has 2 aliphatic rings. The zero-order chi connectivity index (χ0) is 16.6. The molecule has 128 valence electrons. The van der Waals surface area contributed by atoms with E-state index in [-0.39, 0.29) is 5.91 Å². The minimum absolute atomic E-state index is 0.0262. The quantitative estimate of drug-likeness (QED) is 0.856. The van der Waals surface area contributed by atoms with Gasteiger partial charge in [0.15, 0.2) is 11.6 Å². The van der Waals surface area contributed by atoms with E-state index in [1.54, 1.807) is 6.92 Å². The van der Waals surface area contributed by atoms with E-state index in [1.807, 2.05) is 11.8 Å². The fourth-order valence-corrected chi connectivity index (χ4v) is 3.62. The van der Waals surface area contributed by atoms with Crippen molar-refractivity contribution in [1.82, 2.24) is 14.8 Å². The summed E-state index contributed by atoms with van der Waals surface area (Å²) in [6.45, 7) is 12.1.